The lowest BCUT2D eigenvalue weighted by molar-refractivity contribution is 0.126. The molecular formula is C35H33Cl2N7O3S. The summed E-state index contributed by atoms with van der Waals surface area (Å²) in [5, 5.41) is 16.3. The van der Waals surface area contributed by atoms with Crippen LogP contribution < -0.4 is 16.4 Å². The number of fused-ring (bicyclic) bond motifs is 2. The average Bonchev–Trinajstić information content (AvgIpc) is 3.10. The van der Waals surface area contributed by atoms with E-state index in [0.29, 0.717) is 49.1 Å². The van der Waals surface area contributed by atoms with Crippen molar-refractivity contribution in [1.82, 2.24) is 29.1 Å². The fraction of sp³-hybridized carbons (Fsp3) is 0.257. The normalized spacial score (nSPS) is 16.0. The van der Waals surface area contributed by atoms with Crippen LogP contribution in [0.1, 0.15) is 25.7 Å². The summed E-state index contributed by atoms with van der Waals surface area (Å²) in [4.78, 5) is 43.1. The smallest absolute Gasteiger partial charge is 0.259 e. The highest BCUT2D eigenvalue weighted by Gasteiger charge is 2.20. The Morgan fingerprint density at radius 3 is 1.77 bits per heavy atom. The number of rotatable bonds is 5. The summed E-state index contributed by atoms with van der Waals surface area (Å²) in [6.45, 7) is 0. The van der Waals surface area contributed by atoms with E-state index in [1.807, 2.05) is 42.7 Å². The van der Waals surface area contributed by atoms with Crippen LogP contribution in [0.3, 0.4) is 0 Å². The van der Waals surface area contributed by atoms with Crippen molar-refractivity contribution < 1.29 is 5.11 Å². The van der Waals surface area contributed by atoms with Crippen molar-refractivity contribution in [3.8, 4) is 22.3 Å². The summed E-state index contributed by atoms with van der Waals surface area (Å²) in [5.74, 6) is 0.504. The van der Waals surface area contributed by atoms with Crippen molar-refractivity contribution in [3.63, 3.8) is 0 Å². The molecule has 0 saturated heterocycles. The number of aryl methyl sites for hydroxylation is 2. The molecule has 13 heteroatoms. The van der Waals surface area contributed by atoms with Crippen molar-refractivity contribution in [2.45, 2.75) is 43.0 Å². The SMILES string of the molecule is CSc1ncc2cc(-c3ccccc3Cl)c(=O)n(C)c2n1.Cn1c(=O)c(-c2ccccc2Cl)cc2cnc(NC3CCC(O)CC3)nc21. The van der Waals surface area contributed by atoms with E-state index >= 15 is 0 Å². The number of nitrogens with zero attached hydrogens (tertiary/aromatic N) is 6. The molecule has 48 heavy (non-hydrogen) atoms. The second-order valence-electron chi connectivity index (χ2n) is 11.6. The number of aromatic nitrogens is 6. The van der Waals surface area contributed by atoms with Crippen LogP contribution in [0.15, 0.2) is 87.8 Å². The van der Waals surface area contributed by atoms with E-state index in [2.05, 4.69) is 25.3 Å². The van der Waals surface area contributed by atoms with E-state index in [0.717, 1.165) is 42.0 Å². The monoisotopic (exact) mass is 701 g/mol. The Balaban J connectivity index is 0.000000173. The molecule has 0 bridgehead atoms. The molecule has 0 spiro atoms. The van der Waals surface area contributed by atoms with Gasteiger partial charge in [0.1, 0.15) is 11.3 Å². The average molecular weight is 703 g/mol. The van der Waals surface area contributed by atoms with Crippen LogP contribution in [0.25, 0.3) is 44.3 Å². The summed E-state index contributed by atoms with van der Waals surface area (Å²) in [7, 11) is 3.42. The lowest BCUT2D eigenvalue weighted by atomic mass is 9.93. The number of pyridine rings is 2. The van der Waals surface area contributed by atoms with Crippen LogP contribution in [-0.2, 0) is 14.1 Å². The number of aliphatic hydroxyl groups excluding tert-OH is 1. The first-order chi connectivity index (χ1) is 23.1. The van der Waals surface area contributed by atoms with Gasteiger partial charge in [0.05, 0.1) is 6.10 Å². The van der Waals surface area contributed by atoms with Crippen molar-refractivity contribution >= 4 is 63.0 Å². The Bertz CT molecular complexity index is 2250. The zero-order chi connectivity index (χ0) is 33.9. The fourth-order valence-electron chi connectivity index (χ4n) is 5.79. The highest BCUT2D eigenvalue weighted by molar-refractivity contribution is 7.98. The van der Waals surface area contributed by atoms with Gasteiger partial charge in [-0.2, -0.15) is 4.98 Å². The van der Waals surface area contributed by atoms with Gasteiger partial charge in [-0.25, -0.2) is 15.0 Å². The van der Waals surface area contributed by atoms with Gasteiger partial charge in [-0.3, -0.25) is 18.7 Å². The maximum atomic E-state index is 12.9. The molecule has 1 fully saturated rings. The van der Waals surface area contributed by atoms with E-state index < -0.39 is 0 Å². The van der Waals surface area contributed by atoms with E-state index in [1.54, 1.807) is 50.8 Å². The number of benzene rings is 2. The molecule has 6 aromatic rings. The van der Waals surface area contributed by atoms with Gasteiger partial charge in [-0.1, -0.05) is 71.4 Å². The Labute approximate surface area is 290 Å². The molecule has 4 aromatic heterocycles. The first kappa shape index (κ1) is 33.6. The highest BCUT2D eigenvalue weighted by atomic mass is 35.5. The van der Waals surface area contributed by atoms with Gasteiger partial charge in [0.2, 0.25) is 5.95 Å². The van der Waals surface area contributed by atoms with E-state index in [1.165, 1.54) is 20.9 Å². The zero-order valence-corrected chi connectivity index (χ0v) is 28.9. The third-order valence-electron chi connectivity index (χ3n) is 8.42. The summed E-state index contributed by atoms with van der Waals surface area (Å²) in [6.07, 6.45) is 8.48. The Hall–Kier alpha value is -4.29. The van der Waals surface area contributed by atoms with Crippen LogP contribution in [0.2, 0.25) is 10.0 Å². The third kappa shape index (κ3) is 6.95. The number of aliphatic hydroxyl groups is 1. The molecule has 0 atom stereocenters. The number of halogens is 2. The van der Waals surface area contributed by atoms with Gasteiger partial charge < -0.3 is 10.4 Å². The fourth-order valence-corrected chi connectivity index (χ4v) is 6.60. The zero-order valence-electron chi connectivity index (χ0n) is 26.5. The van der Waals surface area contributed by atoms with Crippen molar-refractivity contribution in [2.24, 2.45) is 14.1 Å². The summed E-state index contributed by atoms with van der Waals surface area (Å²) >= 11 is 13.9. The molecule has 1 aliphatic carbocycles. The summed E-state index contributed by atoms with van der Waals surface area (Å²) < 4.78 is 3.07. The lowest BCUT2D eigenvalue weighted by Crippen LogP contribution is -2.29. The van der Waals surface area contributed by atoms with Gasteiger partial charge in [0.15, 0.2) is 5.16 Å². The van der Waals surface area contributed by atoms with E-state index in [9.17, 15) is 14.7 Å². The Morgan fingerprint density at radius 1 is 0.750 bits per heavy atom. The van der Waals surface area contributed by atoms with Gasteiger partial charge >= 0.3 is 0 Å². The van der Waals surface area contributed by atoms with Crippen molar-refractivity contribution in [3.05, 3.63) is 104 Å². The Kier molecular flexibility index (Phi) is 10.1. The van der Waals surface area contributed by atoms with Crippen LogP contribution in [-0.4, -0.2) is 52.6 Å². The largest absolute Gasteiger partial charge is 0.393 e. The predicted octanol–water partition coefficient (Wildman–Crippen LogP) is 6.74. The minimum absolute atomic E-state index is 0.124. The van der Waals surface area contributed by atoms with Crippen molar-refractivity contribution in [1.29, 1.82) is 0 Å². The minimum atomic E-state index is -0.204. The minimum Gasteiger partial charge on any atom is -0.393 e. The summed E-state index contributed by atoms with van der Waals surface area (Å²) in [5.41, 5.74) is 3.42. The number of hydrogen-bond acceptors (Lipinski definition) is 9. The number of hydrogen-bond donors (Lipinski definition) is 2. The molecule has 0 aliphatic heterocycles. The predicted molar refractivity (Wildman–Crippen MR) is 194 cm³/mol. The first-order valence-corrected chi connectivity index (χ1v) is 17.3. The molecule has 10 nitrogen and oxygen atoms in total. The van der Waals surface area contributed by atoms with Gasteiger partial charge in [-0.15, -0.1) is 0 Å². The molecule has 7 rings (SSSR count). The molecule has 0 unspecified atom stereocenters. The molecule has 2 aromatic carbocycles. The van der Waals surface area contributed by atoms with E-state index in [-0.39, 0.29) is 23.3 Å². The second-order valence-corrected chi connectivity index (χ2v) is 13.1. The van der Waals surface area contributed by atoms with Gasteiger partial charge in [0, 0.05) is 75.6 Å². The van der Waals surface area contributed by atoms with Crippen molar-refractivity contribution in [2.75, 3.05) is 11.6 Å². The molecule has 1 aliphatic rings. The summed E-state index contributed by atoms with van der Waals surface area (Å²) in [6, 6.07) is 18.4. The molecule has 0 radical (unpaired) electrons. The quantitative estimate of drug-likeness (QED) is 0.148. The number of anilines is 1. The van der Waals surface area contributed by atoms with E-state index in [4.69, 9.17) is 23.2 Å². The molecule has 0 amide bonds. The molecule has 4 heterocycles. The lowest BCUT2D eigenvalue weighted by Gasteiger charge is -2.26. The van der Waals surface area contributed by atoms with Crippen LogP contribution >= 0.6 is 35.0 Å². The molecule has 246 valence electrons. The van der Waals surface area contributed by atoms with Crippen LogP contribution in [0.4, 0.5) is 5.95 Å². The Morgan fingerprint density at radius 2 is 1.25 bits per heavy atom. The van der Waals surface area contributed by atoms with Gasteiger partial charge in [0.25, 0.3) is 11.1 Å². The third-order valence-corrected chi connectivity index (χ3v) is 9.64. The number of thioether (sulfide) groups is 1. The molecule has 2 N–H and O–H groups in total. The topological polar surface area (TPSA) is 128 Å². The first-order valence-electron chi connectivity index (χ1n) is 15.4. The maximum absolute atomic E-state index is 12.9. The van der Waals surface area contributed by atoms with Crippen LogP contribution in [0.5, 0.6) is 0 Å². The molecule has 1 saturated carbocycles. The second kappa shape index (κ2) is 14.4. The molecular weight excluding hydrogens is 669 g/mol. The van der Waals surface area contributed by atoms with Crippen LogP contribution in [0, 0.1) is 0 Å². The number of nitrogens with one attached hydrogen (secondary N) is 1. The maximum Gasteiger partial charge on any atom is 0.259 e. The standard InChI is InChI=1S/C20H21ClN4O2.C15H12ClN3OS/c1-25-18-12(10-16(19(25)27)15-4-2-3-5-17(15)21)11-22-20(24-18)23-13-6-8-14(26)9-7-13;1-19-13-9(8-17-15(18-13)21-2)7-11(14(19)20)10-5-3-4-6-12(10)16/h2-5,10-11,13-14,26H,6-9H2,1H3,(H,22,23,24);3-8H,1-2H3. The van der Waals surface area contributed by atoms with Gasteiger partial charge in [-0.05, 0) is 56.2 Å². The highest BCUT2D eigenvalue weighted by Crippen LogP contribution is 2.29.